The van der Waals surface area contributed by atoms with E-state index in [2.05, 4.69) is 10.3 Å². The summed E-state index contributed by atoms with van der Waals surface area (Å²) in [7, 11) is 0. The van der Waals surface area contributed by atoms with Crippen LogP contribution in [0.5, 0.6) is 0 Å². The largest absolute Gasteiger partial charge is 0.368 e. The number of hydrogen-bond acceptors (Lipinski definition) is 3. The molecule has 16 heavy (non-hydrogen) atoms. The summed E-state index contributed by atoms with van der Waals surface area (Å²) in [5, 5.41) is 2.71. The minimum absolute atomic E-state index is 0.122. The van der Waals surface area contributed by atoms with E-state index in [0.29, 0.717) is 18.8 Å². The van der Waals surface area contributed by atoms with Gasteiger partial charge in [0.25, 0.3) is 0 Å². The number of aromatic nitrogens is 1. The number of nitrogens with zero attached hydrogens (tertiary/aromatic N) is 1. The first-order chi connectivity index (χ1) is 7.75. The minimum Gasteiger partial charge on any atom is -0.368 e. The smallest absolute Gasteiger partial charge is 0.249 e. The summed E-state index contributed by atoms with van der Waals surface area (Å²) in [6.45, 7) is 0.950. The van der Waals surface area contributed by atoms with Gasteiger partial charge in [0, 0.05) is 6.61 Å². The fourth-order valence-electron chi connectivity index (χ4n) is 1.59. The molecule has 0 bridgehead atoms. The minimum atomic E-state index is -0.380. The number of carbonyl (C=O) groups excluding carboxylic acids is 1. The Balaban J connectivity index is 1.82. The average Bonchev–Trinajstić information content (AvgIpc) is 2.81. The number of hydrogen-bond donors (Lipinski definition) is 1. The molecule has 1 fully saturated rings. The van der Waals surface area contributed by atoms with Gasteiger partial charge in [0.15, 0.2) is 0 Å². The van der Waals surface area contributed by atoms with Crippen molar-refractivity contribution in [3.8, 4) is 0 Å². The quantitative estimate of drug-likeness (QED) is 0.833. The molecule has 5 heteroatoms. The fraction of sp³-hybridized carbons (Fsp3) is 0.455. The van der Waals surface area contributed by atoms with Crippen molar-refractivity contribution in [2.45, 2.75) is 25.5 Å². The Bertz CT molecular complexity index is 361. The second-order valence-corrected chi connectivity index (χ2v) is 3.69. The van der Waals surface area contributed by atoms with Crippen LogP contribution in [0, 0.1) is 5.82 Å². The molecule has 2 heterocycles. The Kier molecular flexibility index (Phi) is 3.46. The normalized spacial score (nSPS) is 19.7. The molecule has 86 valence electrons. The van der Waals surface area contributed by atoms with E-state index in [0.717, 1.165) is 19.0 Å². The van der Waals surface area contributed by atoms with Crippen LogP contribution in [0.1, 0.15) is 18.5 Å². The van der Waals surface area contributed by atoms with E-state index in [4.69, 9.17) is 4.74 Å². The SMILES string of the molecule is O=C(NCc1ccc(F)cn1)[C@@H]1CCCO1. The topological polar surface area (TPSA) is 51.2 Å². The molecule has 1 N–H and O–H groups in total. The molecule has 1 amide bonds. The highest BCUT2D eigenvalue weighted by molar-refractivity contribution is 5.80. The molecule has 1 saturated heterocycles. The van der Waals surface area contributed by atoms with Crippen LogP contribution in [0.2, 0.25) is 0 Å². The molecule has 0 spiro atoms. The van der Waals surface area contributed by atoms with Gasteiger partial charge in [-0.2, -0.15) is 0 Å². The van der Waals surface area contributed by atoms with Gasteiger partial charge in [-0.15, -0.1) is 0 Å². The van der Waals surface area contributed by atoms with Crippen LogP contribution in [-0.2, 0) is 16.1 Å². The molecule has 1 aromatic heterocycles. The van der Waals surface area contributed by atoms with Gasteiger partial charge in [-0.05, 0) is 25.0 Å². The van der Waals surface area contributed by atoms with Gasteiger partial charge in [-0.3, -0.25) is 9.78 Å². The van der Waals surface area contributed by atoms with Crippen LogP contribution in [-0.4, -0.2) is 23.6 Å². The van der Waals surface area contributed by atoms with Gasteiger partial charge in [0.2, 0.25) is 5.91 Å². The number of ether oxygens (including phenoxy) is 1. The molecular formula is C11H13FN2O2. The predicted octanol–water partition coefficient (Wildman–Crippen LogP) is 1.02. The molecule has 1 aliphatic heterocycles. The van der Waals surface area contributed by atoms with Crippen molar-refractivity contribution >= 4 is 5.91 Å². The van der Waals surface area contributed by atoms with Crippen LogP contribution in [0.3, 0.4) is 0 Å². The lowest BCUT2D eigenvalue weighted by atomic mass is 10.2. The summed E-state index contributed by atoms with van der Waals surface area (Å²) in [6.07, 6.45) is 2.49. The Morgan fingerprint density at radius 1 is 1.62 bits per heavy atom. The number of amides is 1. The van der Waals surface area contributed by atoms with Crippen LogP contribution >= 0.6 is 0 Å². The van der Waals surface area contributed by atoms with E-state index in [1.54, 1.807) is 6.07 Å². The second kappa shape index (κ2) is 5.03. The van der Waals surface area contributed by atoms with Crippen LogP contribution in [0.15, 0.2) is 18.3 Å². The zero-order valence-electron chi connectivity index (χ0n) is 8.78. The standard InChI is InChI=1S/C11H13FN2O2/c12-8-3-4-9(13-6-8)7-14-11(15)10-2-1-5-16-10/h3-4,6,10H,1-2,5,7H2,(H,14,15)/t10-/m0/s1. The number of carbonyl (C=O) groups is 1. The van der Waals surface area contributed by atoms with Crippen molar-refractivity contribution in [3.63, 3.8) is 0 Å². The van der Waals surface area contributed by atoms with Gasteiger partial charge < -0.3 is 10.1 Å². The van der Waals surface area contributed by atoms with Crippen LogP contribution < -0.4 is 5.32 Å². The van der Waals surface area contributed by atoms with E-state index >= 15 is 0 Å². The second-order valence-electron chi connectivity index (χ2n) is 3.69. The Morgan fingerprint density at radius 3 is 3.12 bits per heavy atom. The lowest BCUT2D eigenvalue weighted by Crippen LogP contribution is -2.33. The Labute approximate surface area is 92.8 Å². The summed E-state index contributed by atoms with van der Waals surface area (Å²) in [6, 6.07) is 2.87. The molecule has 0 aliphatic carbocycles. The van der Waals surface area contributed by atoms with Crippen LogP contribution in [0.4, 0.5) is 4.39 Å². The van der Waals surface area contributed by atoms with Gasteiger partial charge in [0.05, 0.1) is 18.4 Å². The van der Waals surface area contributed by atoms with E-state index in [-0.39, 0.29) is 17.8 Å². The van der Waals surface area contributed by atoms with Crippen molar-refractivity contribution in [1.29, 1.82) is 0 Å². The van der Waals surface area contributed by atoms with Crippen molar-refractivity contribution in [1.82, 2.24) is 10.3 Å². The molecule has 1 aliphatic rings. The van der Waals surface area contributed by atoms with Crippen molar-refractivity contribution in [2.24, 2.45) is 0 Å². The summed E-state index contributed by atoms with van der Waals surface area (Å²) < 4.78 is 17.8. The molecule has 1 atom stereocenters. The summed E-state index contributed by atoms with van der Waals surface area (Å²) in [5.74, 6) is -0.502. The summed E-state index contributed by atoms with van der Waals surface area (Å²) >= 11 is 0. The maximum Gasteiger partial charge on any atom is 0.249 e. The van der Waals surface area contributed by atoms with Crippen molar-refractivity contribution < 1.29 is 13.9 Å². The third kappa shape index (κ3) is 2.76. The molecule has 2 rings (SSSR count). The lowest BCUT2D eigenvalue weighted by Gasteiger charge is -2.09. The number of rotatable bonds is 3. The van der Waals surface area contributed by atoms with E-state index < -0.39 is 0 Å². The molecule has 0 aromatic carbocycles. The predicted molar refractivity (Wildman–Crippen MR) is 55.0 cm³/mol. The molecule has 4 nitrogen and oxygen atoms in total. The highest BCUT2D eigenvalue weighted by atomic mass is 19.1. The zero-order chi connectivity index (χ0) is 11.4. The van der Waals surface area contributed by atoms with Gasteiger partial charge in [0.1, 0.15) is 11.9 Å². The maximum atomic E-state index is 12.6. The summed E-state index contributed by atoms with van der Waals surface area (Å²) in [4.78, 5) is 15.4. The average molecular weight is 224 g/mol. The Hall–Kier alpha value is -1.49. The van der Waals surface area contributed by atoms with E-state index in [1.807, 2.05) is 0 Å². The molecule has 0 radical (unpaired) electrons. The highest BCUT2D eigenvalue weighted by Gasteiger charge is 2.22. The highest BCUT2D eigenvalue weighted by Crippen LogP contribution is 2.11. The van der Waals surface area contributed by atoms with Crippen molar-refractivity contribution in [2.75, 3.05) is 6.61 Å². The zero-order valence-corrected chi connectivity index (χ0v) is 8.78. The molecule has 0 unspecified atom stereocenters. The van der Waals surface area contributed by atoms with E-state index in [1.165, 1.54) is 6.07 Å². The number of nitrogens with one attached hydrogen (secondary N) is 1. The molecule has 0 saturated carbocycles. The molecule has 1 aromatic rings. The molecular weight excluding hydrogens is 211 g/mol. The number of pyridine rings is 1. The first-order valence-corrected chi connectivity index (χ1v) is 5.25. The monoisotopic (exact) mass is 224 g/mol. The van der Waals surface area contributed by atoms with Crippen molar-refractivity contribution in [3.05, 3.63) is 29.8 Å². The Morgan fingerprint density at radius 2 is 2.50 bits per heavy atom. The lowest BCUT2D eigenvalue weighted by molar-refractivity contribution is -0.130. The first kappa shape index (κ1) is 11.0. The van der Waals surface area contributed by atoms with E-state index in [9.17, 15) is 9.18 Å². The number of halogens is 1. The van der Waals surface area contributed by atoms with Crippen LogP contribution in [0.25, 0.3) is 0 Å². The first-order valence-electron chi connectivity index (χ1n) is 5.25. The maximum absolute atomic E-state index is 12.6. The third-order valence-corrected chi connectivity index (χ3v) is 2.45. The fourth-order valence-corrected chi connectivity index (χ4v) is 1.59. The van der Waals surface area contributed by atoms with Gasteiger partial charge >= 0.3 is 0 Å². The summed E-state index contributed by atoms with van der Waals surface area (Å²) in [5.41, 5.74) is 0.632. The van der Waals surface area contributed by atoms with Gasteiger partial charge in [-0.25, -0.2) is 4.39 Å². The third-order valence-electron chi connectivity index (χ3n) is 2.45. The van der Waals surface area contributed by atoms with Gasteiger partial charge in [-0.1, -0.05) is 0 Å².